The number of hydrogen-bond acceptors (Lipinski definition) is 2. The second-order valence-electron chi connectivity index (χ2n) is 3.62. The van der Waals surface area contributed by atoms with Crippen LogP contribution in [0.25, 0.3) is 0 Å². The van der Waals surface area contributed by atoms with E-state index in [0.717, 1.165) is 5.56 Å². The van der Waals surface area contributed by atoms with Gasteiger partial charge in [0.05, 0.1) is 6.61 Å². The Kier molecular flexibility index (Phi) is 5.92. The van der Waals surface area contributed by atoms with Crippen LogP contribution in [-0.4, -0.2) is 17.8 Å². The van der Waals surface area contributed by atoms with E-state index < -0.39 is 6.10 Å². The molecule has 0 amide bonds. The number of benzene rings is 1. The van der Waals surface area contributed by atoms with E-state index in [1.54, 1.807) is 0 Å². The number of hydrogen-bond donors (Lipinski definition) is 1. The van der Waals surface area contributed by atoms with Gasteiger partial charge in [-0.3, -0.25) is 0 Å². The van der Waals surface area contributed by atoms with Gasteiger partial charge in [0.25, 0.3) is 0 Å². The number of rotatable bonds is 5. The van der Waals surface area contributed by atoms with E-state index in [9.17, 15) is 5.11 Å². The Morgan fingerprint density at radius 2 is 2.12 bits per heavy atom. The van der Waals surface area contributed by atoms with E-state index in [1.807, 2.05) is 37.3 Å². The highest BCUT2D eigenvalue weighted by Crippen LogP contribution is 2.07. The predicted octanol–water partition coefficient (Wildman–Crippen LogP) is 2.73. The molecule has 1 aromatic rings. The molecule has 0 bridgehead atoms. The summed E-state index contributed by atoms with van der Waals surface area (Å²) in [5, 5.41) is 9.65. The highest BCUT2D eigenvalue weighted by Gasteiger charge is 2.07. The Morgan fingerprint density at radius 3 is 2.76 bits per heavy atom. The van der Waals surface area contributed by atoms with E-state index in [-0.39, 0.29) is 0 Å². The van der Waals surface area contributed by atoms with E-state index in [4.69, 9.17) is 4.74 Å². The summed E-state index contributed by atoms with van der Waals surface area (Å²) < 4.78 is 5.13. The Balaban J connectivity index is 2.33. The molecule has 0 radical (unpaired) electrons. The van der Waals surface area contributed by atoms with Crippen LogP contribution >= 0.6 is 0 Å². The van der Waals surface area contributed by atoms with Gasteiger partial charge in [-0.25, -0.2) is 0 Å². The van der Waals surface area contributed by atoms with E-state index in [1.165, 1.54) is 0 Å². The lowest BCUT2D eigenvalue weighted by molar-refractivity contribution is 0.104. The largest absolute Gasteiger partial charge is 0.496 e. The Morgan fingerprint density at radius 1 is 1.41 bits per heavy atom. The van der Waals surface area contributed by atoms with Gasteiger partial charge in [-0.1, -0.05) is 36.6 Å². The molecular weight excluding hydrogens is 212 g/mol. The van der Waals surface area contributed by atoms with Crippen molar-refractivity contribution in [1.82, 2.24) is 0 Å². The normalized spacial score (nSPS) is 11.2. The molecule has 17 heavy (non-hydrogen) atoms. The smallest absolute Gasteiger partial charge is 0.117 e. The first-order valence-electron chi connectivity index (χ1n) is 5.77. The average molecular weight is 230 g/mol. The lowest BCUT2D eigenvalue weighted by Gasteiger charge is -2.12. The summed E-state index contributed by atoms with van der Waals surface area (Å²) in [6, 6.07) is 9.79. The van der Waals surface area contributed by atoms with Crippen molar-refractivity contribution in [2.24, 2.45) is 0 Å². The standard InChI is InChI=1S/C15H18O2/c1-3-17-13(2)15(16)12-8-7-11-14-9-5-4-6-10-14/h4-6,9-10,15-16H,2-3,8,12H2,1H3. The van der Waals surface area contributed by atoms with Crippen molar-refractivity contribution < 1.29 is 9.84 Å². The van der Waals surface area contributed by atoms with Crippen LogP contribution in [-0.2, 0) is 4.74 Å². The van der Waals surface area contributed by atoms with Crippen molar-refractivity contribution in [1.29, 1.82) is 0 Å². The van der Waals surface area contributed by atoms with Gasteiger partial charge in [0, 0.05) is 12.0 Å². The maximum absolute atomic E-state index is 9.65. The molecule has 0 spiro atoms. The lowest BCUT2D eigenvalue weighted by atomic mass is 10.1. The molecule has 0 aliphatic carbocycles. The molecule has 0 aliphatic heterocycles. The van der Waals surface area contributed by atoms with Gasteiger partial charge in [0.2, 0.25) is 0 Å². The SMILES string of the molecule is C=C(OCC)C(O)CCC#Cc1ccccc1. The topological polar surface area (TPSA) is 29.5 Å². The number of ether oxygens (including phenoxy) is 1. The molecule has 0 saturated carbocycles. The lowest BCUT2D eigenvalue weighted by Crippen LogP contribution is -2.11. The minimum absolute atomic E-state index is 0.425. The Bertz CT molecular complexity index is 398. The van der Waals surface area contributed by atoms with Gasteiger partial charge in [0.15, 0.2) is 0 Å². The fourth-order valence-corrected chi connectivity index (χ4v) is 1.34. The fourth-order valence-electron chi connectivity index (χ4n) is 1.34. The van der Waals surface area contributed by atoms with Crippen molar-refractivity contribution in [3.05, 3.63) is 48.2 Å². The van der Waals surface area contributed by atoms with Crippen molar-refractivity contribution in [2.75, 3.05) is 6.61 Å². The molecule has 2 nitrogen and oxygen atoms in total. The summed E-state index contributed by atoms with van der Waals surface area (Å²) in [6.45, 7) is 6.06. The maximum Gasteiger partial charge on any atom is 0.117 e. The summed E-state index contributed by atoms with van der Waals surface area (Å²) in [5.41, 5.74) is 0.991. The molecule has 1 aromatic carbocycles. The summed E-state index contributed by atoms with van der Waals surface area (Å²) >= 11 is 0. The highest BCUT2D eigenvalue weighted by atomic mass is 16.5. The molecule has 0 saturated heterocycles. The van der Waals surface area contributed by atoms with Gasteiger partial charge in [-0.15, -0.1) is 0 Å². The van der Waals surface area contributed by atoms with E-state index in [2.05, 4.69) is 18.4 Å². The predicted molar refractivity (Wildman–Crippen MR) is 69.3 cm³/mol. The summed E-state index contributed by atoms with van der Waals surface area (Å²) in [7, 11) is 0. The number of aliphatic hydroxyl groups excluding tert-OH is 1. The van der Waals surface area contributed by atoms with Crippen LogP contribution in [0.15, 0.2) is 42.7 Å². The molecule has 0 heterocycles. The summed E-state index contributed by atoms with van der Waals surface area (Å²) in [4.78, 5) is 0. The van der Waals surface area contributed by atoms with Crippen molar-refractivity contribution in [3.63, 3.8) is 0 Å². The maximum atomic E-state index is 9.65. The van der Waals surface area contributed by atoms with Crippen LogP contribution in [0.3, 0.4) is 0 Å². The monoisotopic (exact) mass is 230 g/mol. The van der Waals surface area contributed by atoms with Crippen LogP contribution in [0.4, 0.5) is 0 Å². The third-order valence-corrected chi connectivity index (χ3v) is 2.25. The molecule has 1 rings (SSSR count). The van der Waals surface area contributed by atoms with E-state index in [0.29, 0.717) is 25.2 Å². The Labute approximate surface area is 103 Å². The molecule has 1 atom stereocenters. The average Bonchev–Trinajstić information content (AvgIpc) is 2.36. The minimum Gasteiger partial charge on any atom is -0.496 e. The fraction of sp³-hybridized carbons (Fsp3) is 0.333. The second-order valence-corrected chi connectivity index (χ2v) is 3.62. The first kappa shape index (κ1) is 13.3. The van der Waals surface area contributed by atoms with Crippen LogP contribution in [0.1, 0.15) is 25.3 Å². The minimum atomic E-state index is -0.625. The molecule has 90 valence electrons. The van der Waals surface area contributed by atoms with E-state index >= 15 is 0 Å². The zero-order valence-electron chi connectivity index (χ0n) is 10.1. The molecule has 1 N–H and O–H groups in total. The van der Waals surface area contributed by atoms with Gasteiger partial charge >= 0.3 is 0 Å². The molecule has 0 aliphatic rings. The van der Waals surface area contributed by atoms with Gasteiger partial charge < -0.3 is 9.84 Å². The molecule has 0 fully saturated rings. The van der Waals surface area contributed by atoms with Crippen LogP contribution in [0, 0.1) is 11.8 Å². The van der Waals surface area contributed by atoms with Crippen LogP contribution in [0.5, 0.6) is 0 Å². The van der Waals surface area contributed by atoms with Gasteiger partial charge in [-0.05, 0) is 25.5 Å². The molecule has 0 aromatic heterocycles. The van der Waals surface area contributed by atoms with Crippen molar-refractivity contribution in [3.8, 4) is 11.8 Å². The van der Waals surface area contributed by atoms with Gasteiger partial charge in [0.1, 0.15) is 11.9 Å². The summed E-state index contributed by atoms with van der Waals surface area (Å²) in [5.74, 6) is 6.49. The first-order chi connectivity index (χ1) is 8.24. The van der Waals surface area contributed by atoms with Crippen molar-refractivity contribution in [2.45, 2.75) is 25.9 Å². The highest BCUT2D eigenvalue weighted by molar-refractivity contribution is 5.33. The molecular formula is C15H18O2. The Hall–Kier alpha value is -1.72. The first-order valence-corrected chi connectivity index (χ1v) is 5.77. The van der Waals surface area contributed by atoms with Crippen LogP contribution < -0.4 is 0 Å². The zero-order valence-corrected chi connectivity index (χ0v) is 10.1. The van der Waals surface area contributed by atoms with Crippen LogP contribution in [0.2, 0.25) is 0 Å². The zero-order chi connectivity index (χ0) is 12.5. The quantitative estimate of drug-likeness (QED) is 0.622. The van der Waals surface area contributed by atoms with Crippen molar-refractivity contribution >= 4 is 0 Å². The molecule has 2 heteroatoms. The second kappa shape index (κ2) is 7.54. The van der Waals surface area contributed by atoms with Gasteiger partial charge in [-0.2, -0.15) is 0 Å². The molecule has 1 unspecified atom stereocenters. The number of aliphatic hydroxyl groups is 1. The summed E-state index contributed by atoms with van der Waals surface area (Å²) in [6.07, 6.45) is 0.556. The third kappa shape index (κ3) is 5.24. The third-order valence-electron chi connectivity index (χ3n) is 2.25.